The van der Waals surface area contributed by atoms with Crippen LogP contribution < -0.4 is 15.8 Å². The second-order valence-corrected chi connectivity index (χ2v) is 8.31. The normalized spacial score (nSPS) is 14.0. The molecular formula is C19H29IN4O4S. The Balaban J connectivity index is 0.00000420. The van der Waals surface area contributed by atoms with Gasteiger partial charge in [-0.2, -0.15) is 0 Å². The number of sulfonamides is 1. The molecule has 0 spiro atoms. The molecule has 1 heterocycles. The van der Waals surface area contributed by atoms with E-state index in [-0.39, 0.29) is 35.4 Å². The lowest BCUT2D eigenvalue weighted by atomic mass is 10.0. The van der Waals surface area contributed by atoms with Crippen molar-refractivity contribution in [1.29, 1.82) is 0 Å². The zero-order valence-electron chi connectivity index (χ0n) is 16.8. The Morgan fingerprint density at radius 2 is 1.86 bits per heavy atom. The monoisotopic (exact) mass is 536 g/mol. The number of aliphatic hydroxyl groups is 1. The molecule has 29 heavy (non-hydrogen) atoms. The summed E-state index contributed by atoms with van der Waals surface area (Å²) in [5.74, 6) is 1.78. The van der Waals surface area contributed by atoms with Crippen molar-refractivity contribution < 1.29 is 17.9 Å². The average molecular weight is 536 g/mol. The predicted molar refractivity (Wildman–Crippen MR) is 124 cm³/mol. The van der Waals surface area contributed by atoms with Crippen LogP contribution in [0.25, 0.3) is 0 Å². The molecule has 2 rings (SSSR count). The Kier molecular flexibility index (Phi) is 9.59. The Labute approximate surface area is 189 Å². The first kappa shape index (κ1) is 25.4. The van der Waals surface area contributed by atoms with Crippen LogP contribution in [0.1, 0.15) is 30.9 Å². The maximum absolute atomic E-state index is 11.3. The van der Waals surface area contributed by atoms with Gasteiger partial charge in [0.25, 0.3) is 0 Å². The lowest BCUT2D eigenvalue weighted by Crippen LogP contribution is -2.39. The molecule has 5 N–H and O–H groups in total. The molecule has 0 aliphatic carbocycles. The van der Waals surface area contributed by atoms with Gasteiger partial charge in [0.05, 0.1) is 11.4 Å². The Hall–Kier alpha value is -1.63. The molecule has 0 bridgehead atoms. The maximum Gasteiger partial charge on any atom is 0.238 e. The highest BCUT2D eigenvalue weighted by molar-refractivity contribution is 14.0. The molecule has 8 nitrogen and oxygen atoms in total. The van der Waals surface area contributed by atoms with E-state index in [0.29, 0.717) is 31.2 Å². The molecule has 0 fully saturated rings. The van der Waals surface area contributed by atoms with Crippen LogP contribution in [0.5, 0.6) is 0 Å². The number of nitrogens with two attached hydrogens (primary N) is 1. The standard InChI is InChI=1S/C19H28N4O4S.HI/c1-4-21-18(23-13-19(3,24)17-10-5-14(2)27-17)22-12-11-15-6-8-16(9-7-15)28(20,25)26;/h5-10,24H,4,11-13H2,1-3H3,(H2,20,25,26)(H2,21,22,23);1H. The third-order valence-electron chi connectivity index (χ3n) is 4.12. The molecule has 2 aromatic rings. The molecule has 1 aromatic carbocycles. The molecule has 1 atom stereocenters. The van der Waals surface area contributed by atoms with Gasteiger partial charge in [0.2, 0.25) is 10.0 Å². The van der Waals surface area contributed by atoms with Gasteiger partial charge in [-0.05, 0) is 57.0 Å². The van der Waals surface area contributed by atoms with Crippen molar-refractivity contribution in [2.24, 2.45) is 10.1 Å². The summed E-state index contributed by atoms with van der Waals surface area (Å²) < 4.78 is 28.1. The summed E-state index contributed by atoms with van der Waals surface area (Å²) in [5.41, 5.74) is -0.242. The zero-order valence-corrected chi connectivity index (χ0v) is 20.0. The minimum atomic E-state index is -3.68. The second kappa shape index (κ2) is 11.0. The molecule has 1 unspecified atom stereocenters. The van der Waals surface area contributed by atoms with Crippen molar-refractivity contribution in [3.63, 3.8) is 0 Å². The minimum Gasteiger partial charge on any atom is -0.463 e. The minimum absolute atomic E-state index is 0. The molecule has 0 amide bonds. The summed E-state index contributed by atoms with van der Waals surface area (Å²) in [6.45, 7) is 6.84. The molecule has 0 saturated heterocycles. The van der Waals surface area contributed by atoms with E-state index < -0.39 is 15.6 Å². The van der Waals surface area contributed by atoms with Crippen LogP contribution >= 0.6 is 24.0 Å². The summed E-state index contributed by atoms with van der Waals surface area (Å²) in [4.78, 5) is 4.53. The van der Waals surface area contributed by atoms with E-state index in [9.17, 15) is 13.5 Å². The quantitative estimate of drug-likeness (QED) is 0.232. The Morgan fingerprint density at radius 1 is 1.21 bits per heavy atom. The predicted octanol–water partition coefficient (Wildman–Crippen LogP) is 1.86. The van der Waals surface area contributed by atoms with E-state index in [2.05, 4.69) is 15.6 Å². The van der Waals surface area contributed by atoms with Crippen molar-refractivity contribution in [2.45, 2.75) is 37.7 Å². The van der Waals surface area contributed by atoms with Crippen molar-refractivity contribution in [3.05, 3.63) is 53.5 Å². The van der Waals surface area contributed by atoms with E-state index in [1.165, 1.54) is 12.1 Å². The lowest BCUT2D eigenvalue weighted by Gasteiger charge is -2.19. The largest absolute Gasteiger partial charge is 0.463 e. The lowest BCUT2D eigenvalue weighted by molar-refractivity contribution is 0.0428. The van der Waals surface area contributed by atoms with Gasteiger partial charge in [-0.3, -0.25) is 0 Å². The fraction of sp³-hybridized carbons (Fsp3) is 0.421. The number of nitrogens with zero attached hydrogens (tertiary/aromatic N) is 1. The van der Waals surface area contributed by atoms with Gasteiger partial charge in [-0.1, -0.05) is 12.1 Å². The van der Waals surface area contributed by atoms with Crippen LogP contribution in [-0.4, -0.2) is 39.1 Å². The molecule has 0 aliphatic rings. The van der Waals surface area contributed by atoms with Gasteiger partial charge < -0.3 is 20.2 Å². The smallest absolute Gasteiger partial charge is 0.238 e. The molecule has 0 aliphatic heterocycles. The van der Waals surface area contributed by atoms with Crippen LogP contribution in [0.4, 0.5) is 0 Å². The number of primary sulfonamides is 1. The third kappa shape index (κ3) is 7.96. The zero-order chi connectivity index (χ0) is 20.8. The van der Waals surface area contributed by atoms with Gasteiger partial charge in [0.1, 0.15) is 17.1 Å². The van der Waals surface area contributed by atoms with E-state index in [1.54, 1.807) is 31.2 Å². The number of aryl methyl sites for hydroxylation is 1. The highest BCUT2D eigenvalue weighted by Gasteiger charge is 2.26. The molecule has 162 valence electrons. The number of rotatable bonds is 8. The molecular weight excluding hydrogens is 507 g/mol. The summed E-state index contributed by atoms with van der Waals surface area (Å²) >= 11 is 0. The number of aliphatic imine (C=N–C) groups is 1. The van der Waals surface area contributed by atoms with Crippen LogP contribution in [0.2, 0.25) is 0 Å². The highest BCUT2D eigenvalue weighted by Crippen LogP contribution is 2.23. The fourth-order valence-electron chi connectivity index (χ4n) is 2.55. The van der Waals surface area contributed by atoms with Crippen molar-refractivity contribution >= 4 is 40.0 Å². The fourth-order valence-corrected chi connectivity index (χ4v) is 3.06. The van der Waals surface area contributed by atoms with E-state index in [1.807, 2.05) is 13.8 Å². The summed E-state index contributed by atoms with van der Waals surface area (Å²) in [6, 6.07) is 10.00. The number of benzene rings is 1. The second-order valence-electron chi connectivity index (χ2n) is 6.75. The molecule has 0 radical (unpaired) electrons. The Bertz CT molecular complexity index is 909. The number of furan rings is 1. The number of halogens is 1. The van der Waals surface area contributed by atoms with Gasteiger partial charge >= 0.3 is 0 Å². The van der Waals surface area contributed by atoms with Gasteiger partial charge in [-0.15, -0.1) is 24.0 Å². The first-order valence-corrected chi connectivity index (χ1v) is 10.6. The van der Waals surface area contributed by atoms with Crippen LogP contribution in [0.3, 0.4) is 0 Å². The number of nitrogens with one attached hydrogen (secondary N) is 2. The topological polar surface area (TPSA) is 130 Å². The average Bonchev–Trinajstić information content (AvgIpc) is 3.07. The Morgan fingerprint density at radius 3 is 2.38 bits per heavy atom. The molecule has 1 aromatic heterocycles. The summed E-state index contributed by atoms with van der Waals surface area (Å²) in [6.07, 6.45) is 0.670. The molecule has 0 saturated carbocycles. The highest BCUT2D eigenvalue weighted by atomic mass is 127. The van der Waals surface area contributed by atoms with Gasteiger partial charge in [-0.25, -0.2) is 18.5 Å². The number of hydrogen-bond acceptors (Lipinski definition) is 5. The van der Waals surface area contributed by atoms with Crippen LogP contribution in [-0.2, 0) is 22.0 Å². The molecule has 10 heteroatoms. The van der Waals surface area contributed by atoms with Gasteiger partial charge in [0.15, 0.2) is 5.96 Å². The number of guanidine groups is 1. The van der Waals surface area contributed by atoms with Crippen molar-refractivity contribution in [2.75, 3.05) is 19.6 Å². The van der Waals surface area contributed by atoms with E-state index in [4.69, 9.17) is 9.56 Å². The summed E-state index contributed by atoms with van der Waals surface area (Å²) in [5, 5.41) is 22.0. The van der Waals surface area contributed by atoms with Crippen LogP contribution in [0, 0.1) is 6.92 Å². The SMILES string of the molecule is CCNC(=NCC(C)(O)c1ccc(C)o1)NCCc1ccc(S(N)(=O)=O)cc1.I. The van der Waals surface area contributed by atoms with E-state index in [0.717, 1.165) is 11.3 Å². The van der Waals surface area contributed by atoms with E-state index >= 15 is 0 Å². The summed E-state index contributed by atoms with van der Waals surface area (Å²) in [7, 11) is -3.68. The van der Waals surface area contributed by atoms with Gasteiger partial charge in [0, 0.05) is 13.1 Å². The van der Waals surface area contributed by atoms with Crippen LogP contribution in [0.15, 0.2) is 50.7 Å². The first-order chi connectivity index (χ1) is 13.1. The van der Waals surface area contributed by atoms with Crippen molar-refractivity contribution in [1.82, 2.24) is 10.6 Å². The first-order valence-electron chi connectivity index (χ1n) is 9.05. The van der Waals surface area contributed by atoms with Crippen molar-refractivity contribution in [3.8, 4) is 0 Å². The maximum atomic E-state index is 11.3. The third-order valence-corrected chi connectivity index (χ3v) is 5.05. The number of hydrogen-bond donors (Lipinski definition) is 4.